The van der Waals surface area contributed by atoms with Crippen LogP contribution in [-0.2, 0) is 14.1 Å². The van der Waals surface area contributed by atoms with E-state index in [1.54, 1.807) is 6.07 Å². The molecule has 0 aliphatic carbocycles. The van der Waals surface area contributed by atoms with E-state index in [1.807, 2.05) is 0 Å². The van der Waals surface area contributed by atoms with Crippen LogP contribution in [0.15, 0.2) is 30.9 Å². The van der Waals surface area contributed by atoms with Crippen molar-refractivity contribution in [3.8, 4) is 0 Å². The first-order valence-corrected chi connectivity index (χ1v) is 7.68. The Balaban J connectivity index is 2.15. The van der Waals surface area contributed by atoms with Gasteiger partial charge in [-0.3, -0.25) is 19.0 Å². The predicted octanol–water partition coefficient (Wildman–Crippen LogP) is 1.74. The lowest BCUT2D eigenvalue weighted by Gasteiger charge is -2.19. The maximum Gasteiger partial charge on any atom is 0.287 e. The first kappa shape index (κ1) is 17.1. The van der Waals surface area contributed by atoms with Crippen molar-refractivity contribution in [3.63, 3.8) is 0 Å². The van der Waals surface area contributed by atoms with E-state index in [2.05, 4.69) is 20.2 Å². The van der Waals surface area contributed by atoms with Gasteiger partial charge in [-0.05, 0) is 6.07 Å². The molecule has 25 heavy (non-hydrogen) atoms. The second kappa shape index (κ2) is 6.61. The largest absolute Gasteiger partial charge is 0.287 e. The molecule has 0 atom stereocenters. The van der Waals surface area contributed by atoms with E-state index in [0.29, 0.717) is 0 Å². The zero-order valence-corrected chi connectivity index (χ0v) is 14.6. The molecule has 0 aromatic carbocycles. The summed E-state index contributed by atoms with van der Waals surface area (Å²) in [4.78, 5) is 34.8. The molecule has 0 aliphatic heterocycles. The number of anilines is 1. The summed E-state index contributed by atoms with van der Waals surface area (Å²) >= 11 is 12.1. The molecule has 0 fully saturated rings. The van der Waals surface area contributed by atoms with Crippen molar-refractivity contribution in [1.29, 1.82) is 0 Å². The molecule has 3 heterocycles. The van der Waals surface area contributed by atoms with Crippen LogP contribution in [0.3, 0.4) is 0 Å². The average Bonchev–Trinajstić information content (AvgIpc) is 3.10. The molecule has 3 aromatic rings. The maximum atomic E-state index is 13.0. The summed E-state index contributed by atoms with van der Waals surface area (Å²) in [6.07, 6.45) is 5.43. The highest BCUT2D eigenvalue weighted by Gasteiger charge is 2.34. The van der Waals surface area contributed by atoms with Crippen molar-refractivity contribution < 1.29 is 9.59 Å². The number of hydrogen-bond donors (Lipinski definition) is 0. The molecule has 3 aromatic heterocycles. The van der Waals surface area contributed by atoms with E-state index < -0.39 is 11.8 Å². The lowest BCUT2D eigenvalue weighted by atomic mass is 10.3. The molecule has 0 N–H and O–H groups in total. The third-order valence-corrected chi connectivity index (χ3v) is 3.90. The summed E-state index contributed by atoms with van der Waals surface area (Å²) in [7, 11) is 3.06. The first-order chi connectivity index (χ1) is 11.9. The average molecular weight is 380 g/mol. The third kappa shape index (κ3) is 2.99. The van der Waals surface area contributed by atoms with Gasteiger partial charge in [0.25, 0.3) is 11.8 Å². The zero-order chi connectivity index (χ0) is 18.1. The minimum Gasteiger partial charge on any atom is -0.266 e. The van der Waals surface area contributed by atoms with Gasteiger partial charge < -0.3 is 0 Å². The fourth-order valence-electron chi connectivity index (χ4n) is 2.20. The minimum absolute atomic E-state index is 0.0146. The Bertz CT molecular complexity index is 854. The van der Waals surface area contributed by atoms with Crippen LogP contribution in [0.2, 0.25) is 10.0 Å². The van der Waals surface area contributed by atoms with E-state index in [0.717, 1.165) is 4.90 Å². The Morgan fingerprint density at radius 1 is 0.920 bits per heavy atom. The summed E-state index contributed by atoms with van der Waals surface area (Å²) in [5, 5.41) is 8.01. The van der Waals surface area contributed by atoms with E-state index in [1.165, 1.54) is 48.2 Å². The Labute approximate surface area is 151 Å². The highest BCUT2D eigenvalue weighted by atomic mass is 35.5. The van der Waals surface area contributed by atoms with Gasteiger partial charge in [-0.1, -0.05) is 23.2 Å². The molecule has 11 heteroatoms. The normalized spacial score (nSPS) is 10.7. The predicted molar refractivity (Wildman–Crippen MR) is 89.6 cm³/mol. The van der Waals surface area contributed by atoms with E-state index in [9.17, 15) is 9.59 Å². The summed E-state index contributed by atoms with van der Waals surface area (Å²) in [6.45, 7) is 0. The van der Waals surface area contributed by atoms with E-state index in [-0.39, 0.29) is 27.4 Å². The van der Waals surface area contributed by atoms with Crippen LogP contribution < -0.4 is 4.90 Å². The molecule has 2 amide bonds. The molecule has 0 spiro atoms. The summed E-state index contributed by atoms with van der Waals surface area (Å²) in [5.74, 6) is -1.59. The number of aryl methyl sites for hydroxylation is 2. The number of nitrogens with zero attached hydrogens (tertiary/aromatic N) is 7. The van der Waals surface area contributed by atoms with Gasteiger partial charge in [-0.15, -0.1) is 0 Å². The second-order valence-electron chi connectivity index (χ2n) is 4.92. The van der Waals surface area contributed by atoms with Crippen LogP contribution in [0.5, 0.6) is 0 Å². The maximum absolute atomic E-state index is 13.0. The van der Waals surface area contributed by atoms with E-state index >= 15 is 0 Å². The molecular weight excluding hydrogens is 369 g/mol. The number of carbonyl (C=O) groups excluding carboxylic acids is 2. The van der Waals surface area contributed by atoms with Gasteiger partial charge in [-0.2, -0.15) is 10.2 Å². The molecule has 9 nitrogen and oxygen atoms in total. The molecule has 0 unspecified atom stereocenters. The van der Waals surface area contributed by atoms with Crippen molar-refractivity contribution in [2.45, 2.75) is 0 Å². The van der Waals surface area contributed by atoms with Gasteiger partial charge in [-0.25, -0.2) is 14.9 Å². The Hall–Kier alpha value is -2.78. The number of hydrogen-bond acceptors (Lipinski definition) is 6. The van der Waals surface area contributed by atoms with Gasteiger partial charge in [0.15, 0.2) is 0 Å². The fourth-order valence-corrected chi connectivity index (χ4v) is 2.69. The van der Waals surface area contributed by atoms with Crippen molar-refractivity contribution >= 4 is 41.0 Å². The van der Waals surface area contributed by atoms with Crippen molar-refractivity contribution in [2.24, 2.45) is 14.1 Å². The molecule has 0 saturated carbocycles. The Morgan fingerprint density at radius 3 is 1.72 bits per heavy atom. The van der Waals surface area contributed by atoms with Crippen LogP contribution >= 0.6 is 23.2 Å². The fraction of sp³-hybridized carbons (Fsp3) is 0.143. The van der Waals surface area contributed by atoms with Crippen molar-refractivity contribution in [2.75, 3.05) is 4.90 Å². The Morgan fingerprint density at radius 2 is 1.36 bits per heavy atom. The molecule has 0 saturated heterocycles. The van der Waals surface area contributed by atoms with Gasteiger partial charge in [0, 0.05) is 26.5 Å². The molecule has 0 radical (unpaired) electrons. The number of rotatable bonds is 3. The molecule has 128 valence electrons. The number of halogens is 2. The zero-order valence-electron chi connectivity index (χ0n) is 13.1. The standard InChI is InChI=1S/C14H11Cl2N7O2/c1-21-10(8(15)6-19-21)12(24)23(14-17-4-3-5-18-14)13(25)11-9(16)7-20-22(11)2/h3-7H,1-2H3. The number of carbonyl (C=O) groups is 2. The van der Waals surface area contributed by atoms with Gasteiger partial charge in [0.05, 0.1) is 22.4 Å². The first-order valence-electron chi connectivity index (χ1n) is 6.92. The lowest BCUT2D eigenvalue weighted by molar-refractivity contribution is 0.0885. The number of amides is 2. The monoisotopic (exact) mass is 379 g/mol. The van der Waals surface area contributed by atoms with E-state index in [4.69, 9.17) is 23.2 Å². The van der Waals surface area contributed by atoms with Gasteiger partial charge >= 0.3 is 0 Å². The quantitative estimate of drug-likeness (QED) is 0.642. The van der Waals surface area contributed by atoms with Crippen LogP contribution in [0, 0.1) is 0 Å². The van der Waals surface area contributed by atoms with Crippen LogP contribution in [0.25, 0.3) is 0 Å². The highest BCUT2D eigenvalue weighted by Crippen LogP contribution is 2.23. The van der Waals surface area contributed by atoms with Crippen molar-refractivity contribution in [3.05, 3.63) is 52.3 Å². The van der Waals surface area contributed by atoms with Gasteiger partial charge in [0.2, 0.25) is 5.95 Å². The van der Waals surface area contributed by atoms with Gasteiger partial charge in [0.1, 0.15) is 11.4 Å². The SMILES string of the molecule is Cn1ncc(Cl)c1C(=O)N(C(=O)c1c(Cl)cnn1C)c1ncccn1. The second-order valence-corrected chi connectivity index (χ2v) is 5.74. The number of aromatic nitrogens is 6. The molecule has 0 aliphatic rings. The number of imide groups is 1. The summed E-state index contributed by atoms with van der Waals surface area (Å²) < 4.78 is 2.53. The molecule has 3 rings (SSSR count). The smallest absolute Gasteiger partial charge is 0.266 e. The van der Waals surface area contributed by atoms with Crippen LogP contribution in [0.4, 0.5) is 5.95 Å². The van der Waals surface area contributed by atoms with Crippen LogP contribution in [0.1, 0.15) is 21.0 Å². The summed E-state index contributed by atoms with van der Waals surface area (Å²) in [5.41, 5.74) is 0.0292. The minimum atomic E-state index is -0.738. The highest BCUT2D eigenvalue weighted by molar-refractivity contribution is 6.38. The third-order valence-electron chi connectivity index (χ3n) is 3.35. The summed E-state index contributed by atoms with van der Waals surface area (Å²) in [6, 6.07) is 1.56. The Kier molecular flexibility index (Phi) is 4.51. The topological polar surface area (TPSA) is 98.8 Å². The van der Waals surface area contributed by atoms with Crippen LogP contribution in [-0.4, -0.2) is 41.3 Å². The molecular formula is C14H11Cl2N7O2. The van der Waals surface area contributed by atoms with Crippen molar-refractivity contribution in [1.82, 2.24) is 29.5 Å². The molecule has 0 bridgehead atoms. The lowest BCUT2D eigenvalue weighted by Crippen LogP contribution is -2.40.